The van der Waals surface area contributed by atoms with E-state index in [4.69, 9.17) is 4.18 Å². The molecule has 140 valence electrons. The molecule has 0 aliphatic rings. The molecule has 0 saturated carbocycles. The molecule has 0 atom stereocenters. The summed E-state index contributed by atoms with van der Waals surface area (Å²) in [5.41, 5.74) is 1.30. The van der Waals surface area contributed by atoms with Gasteiger partial charge >= 0.3 is 5.97 Å². The minimum Gasteiger partial charge on any atom is -0.402 e. The molecule has 27 heavy (non-hydrogen) atoms. The summed E-state index contributed by atoms with van der Waals surface area (Å²) in [6.07, 6.45) is 2.51. The highest BCUT2D eigenvalue weighted by molar-refractivity contribution is 8.30. The van der Waals surface area contributed by atoms with Crippen LogP contribution in [0.25, 0.3) is 0 Å². The monoisotopic (exact) mass is 378 g/mol. The molecule has 3 heteroatoms. The molecule has 2 nitrogen and oxygen atoms in total. The van der Waals surface area contributed by atoms with Crippen LogP contribution in [0.3, 0.4) is 0 Å². The molecular formula is C24H26O2S. The minimum absolute atomic E-state index is 0.185. The van der Waals surface area contributed by atoms with Crippen LogP contribution in [0.15, 0.2) is 99.6 Å². The molecule has 0 spiro atoms. The Kier molecular flexibility index (Phi) is 6.36. The van der Waals surface area contributed by atoms with Crippen LogP contribution in [0.2, 0.25) is 0 Å². The van der Waals surface area contributed by atoms with Crippen LogP contribution in [-0.4, -0.2) is 5.97 Å². The van der Waals surface area contributed by atoms with E-state index >= 15 is 0 Å². The van der Waals surface area contributed by atoms with E-state index in [1.807, 2.05) is 43.3 Å². The smallest absolute Gasteiger partial charge is 0.316 e. The van der Waals surface area contributed by atoms with E-state index in [9.17, 15) is 4.79 Å². The third kappa shape index (κ3) is 4.09. The molecule has 0 unspecified atom stereocenters. The zero-order valence-corrected chi connectivity index (χ0v) is 16.7. The second-order valence-corrected chi connectivity index (χ2v) is 9.08. The summed E-state index contributed by atoms with van der Waals surface area (Å²) in [6.45, 7) is 4.02. The first-order valence-corrected chi connectivity index (χ1v) is 11.0. The normalized spacial score (nSPS) is 11.8. The van der Waals surface area contributed by atoms with E-state index in [0.717, 1.165) is 27.5 Å². The van der Waals surface area contributed by atoms with Gasteiger partial charge in [0.15, 0.2) is 0 Å². The highest BCUT2D eigenvalue weighted by atomic mass is 32.3. The van der Waals surface area contributed by atoms with Crippen LogP contribution in [0.4, 0.5) is 0 Å². The van der Waals surface area contributed by atoms with Crippen LogP contribution in [0, 0.1) is 0 Å². The van der Waals surface area contributed by atoms with Gasteiger partial charge in [-0.05, 0) is 58.7 Å². The van der Waals surface area contributed by atoms with Crippen molar-refractivity contribution in [3.05, 3.63) is 90.5 Å². The molecule has 0 saturated heterocycles. The zero-order valence-electron chi connectivity index (χ0n) is 15.9. The van der Waals surface area contributed by atoms with Crippen LogP contribution < -0.4 is 0 Å². The quantitative estimate of drug-likeness (QED) is 0.452. The first kappa shape index (κ1) is 19.2. The van der Waals surface area contributed by atoms with E-state index in [1.54, 1.807) is 0 Å². The molecule has 0 aromatic heterocycles. The van der Waals surface area contributed by atoms with Crippen LogP contribution in [-0.2, 0) is 15.4 Å². The summed E-state index contributed by atoms with van der Waals surface area (Å²) in [6, 6.07) is 28.8. The maximum atomic E-state index is 12.5. The van der Waals surface area contributed by atoms with Crippen molar-refractivity contribution in [2.24, 2.45) is 0 Å². The molecule has 0 aliphatic heterocycles. The zero-order chi connectivity index (χ0) is 19.1. The van der Waals surface area contributed by atoms with Crippen molar-refractivity contribution in [3.63, 3.8) is 0 Å². The van der Waals surface area contributed by atoms with E-state index < -0.39 is 10.3 Å². The summed E-state index contributed by atoms with van der Waals surface area (Å²) < 4.78 is 6.29. The average Bonchev–Trinajstić information content (AvgIpc) is 2.74. The number of benzene rings is 3. The van der Waals surface area contributed by atoms with Gasteiger partial charge in [0, 0.05) is 21.1 Å². The molecule has 0 aliphatic carbocycles. The fourth-order valence-corrected chi connectivity index (χ4v) is 6.21. The Morgan fingerprint density at radius 1 is 0.741 bits per heavy atom. The fraction of sp³-hybridized carbons (Fsp3) is 0.208. The van der Waals surface area contributed by atoms with Crippen molar-refractivity contribution in [1.82, 2.24) is 0 Å². The number of carbonyl (C=O) groups excluding carboxylic acids is 1. The minimum atomic E-state index is -2.13. The van der Waals surface area contributed by atoms with Gasteiger partial charge in [-0.25, -0.2) is 0 Å². The van der Waals surface area contributed by atoms with Gasteiger partial charge in [-0.1, -0.05) is 68.8 Å². The lowest BCUT2D eigenvalue weighted by atomic mass is 10.1. The largest absolute Gasteiger partial charge is 0.402 e. The van der Waals surface area contributed by atoms with Gasteiger partial charge in [0.2, 0.25) is 0 Å². The molecule has 0 fully saturated rings. The lowest BCUT2D eigenvalue weighted by molar-refractivity contribution is -0.133. The number of carbonyl (C=O) groups is 1. The molecule has 3 rings (SSSR count). The standard InChI is InChI=1S/C24H26O2S/c1-3-11-20-16-18-23(19-17-20)27(26-24(25)4-2,21-12-7-5-8-13-21)22-14-9-6-10-15-22/h5-10,12-19H,3-4,11H2,1-2H3. The Morgan fingerprint density at radius 3 is 1.67 bits per heavy atom. The van der Waals surface area contributed by atoms with Crippen molar-refractivity contribution >= 4 is 16.3 Å². The van der Waals surface area contributed by atoms with Crippen LogP contribution in [0.5, 0.6) is 0 Å². The fourth-order valence-electron chi connectivity index (χ4n) is 3.11. The second kappa shape index (κ2) is 8.92. The van der Waals surface area contributed by atoms with Crippen LogP contribution in [0.1, 0.15) is 32.3 Å². The lowest BCUT2D eigenvalue weighted by Crippen LogP contribution is -2.13. The average molecular weight is 379 g/mol. The third-order valence-electron chi connectivity index (χ3n) is 4.45. The Bertz CT molecular complexity index is 818. The van der Waals surface area contributed by atoms with Gasteiger partial charge in [0.1, 0.15) is 0 Å². The molecule has 0 N–H and O–H groups in total. The molecule has 0 amide bonds. The SMILES string of the molecule is CCCc1ccc(S(OC(=O)CC)(c2ccccc2)c2ccccc2)cc1. The van der Waals surface area contributed by atoms with Gasteiger partial charge in [-0.15, -0.1) is 0 Å². The van der Waals surface area contributed by atoms with Gasteiger partial charge < -0.3 is 4.18 Å². The van der Waals surface area contributed by atoms with E-state index in [0.29, 0.717) is 6.42 Å². The Morgan fingerprint density at radius 2 is 1.22 bits per heavy atom. The summed E-state index contributed by atoms with van der Waals surface area (Å²) in [7, 11) is -2.13. The first-order chi connectivity index (χ1) is 13.2. The molecule has 3 aromatic rings. The summed E-state index contributed by atoms with van der Waals surface area (Å²) >= 11 is 0. The van der Waals surface area contributed by atoms with E-state index in [1.165, 1.54) is 5.56 Å². The topological polar surface area (TPSA) is 26.3 Å². The van der Waals surface area contributed by atoms with Crippen molar-refractivity contribution in [2.75, 3.05) is 0 Å². The number of rotatable bonds is 7. The Hall–Kier alpha value is -2.52. The second-order valence-electron chi connectivity index (χ2n) is 6.39. The molecule has 3 aromatic carbocycles. The Labute approximate surface area is 163 Å². The molecular weight excluding hydrogens is 352 g/mol. The van der Waals surface area contributed by atoms with Gasteiger partial charge in [0.25, 0.3) is 0 Å². The van der Waals surface area contributed by atoms with Gasteiger partial charge in [-0.2, -0.15) is 0 Å². The van der Waals surface area contributed by atoms with Gasteiger partial charge in [-0.3, -0.25) is 4.79 Å². The maximum absolute atomic E-state index is 12.5. The van der Waals surface area contributed by atoms with Gasteiger partial charge in [0.05, 0.1) is 0 Å². The van der Waals surface area contributed by atoms with E-state index in [2.05, 4.69) is 55.5 Å². The highest BCUT2D eigenvalue weighted by Crippen LogP contribution is 2.69. The van der Waals surface area contributed by atoms with E-state index in [-0.39, 0.29) is 5.97 Å². The van der Waals surface area contributed by atoms with Crippen LogP contribution >= 0.6 is 10.3 Å². The number of aryl methyl sites for hydroxylation is 1. The summed E-state index contributed by atoms with van der Waals surface area (Å²) in [5, 5.41) is 0. The highest BCUT2D eigenvalue weighted by Gasteiger charge is 2.35. The van der Waals surface area contributed by atoms with Crippen molar-refractivity contribution in [3.8, 4) is 0 Å². The maximum Gasteiger partial charge on any atom is 0.316 e. The van der Waals surface area contributed by atoms with Crippen molar-refractivity contribution in [2.45, 2.75) is 47.8 Å². The summed E-state index contributed by atoms with van der Waals surface area (Å²) in [4.78, 5) is 15.6. The third-order valence-corrected chi connectivity index (χ3v) is 7.69. The predicted octanol–water partition coefficient (Wildman–Crippen LogP) is 6.79. The Balaban J connectivity index is 2.24. The first-order valence-electron chi connectivity index (χ1n) is 9.45. The predicted molar refractivity (Wildman–Crippen MR) is 112 cm³/mol. The number of hydrogen-bond acceptors (Lipinski definition) is 2. The van der Waals surface area contributed by atoms with Crippen molar-refractivity contribution < 1.29 is 8.98 Å². The molecule has 0 bridgehead atoms. The van der Waals surface area contributed by atoms with Crippen molar-refractivity contribution in [1.29, 1.82) is 0 Å². The number of hydrogen-bond donors (Lipinski definition) is 0. The summed E-state index contributed by atoms with van der Waals surface area (Å²) in [5.74, 6) is -0.185. The molecule has 0 radical (unpaired) electrons. The molecule has 0 heterocycles. The lowest BCUT2D eigenvalue weighted by Gasteiger charge is -2.39.